The smallest absolute Gasteiger partial charge is 0.181 e. The molecule has 0 bridgehead atoms. The molecule has 0 spiro atoms. The normalized spacial score (nSPS) is 16.2. The van der Waals surface area contributed by atoms with Crippen molar-refractivity contribution in [1.82, 2.24) is 9.71 Å². The van der Waals surface area contributed by atoms with Crippen LogP contribution in [0.3, 0.4) is 0 Å². The van der Waals surface area contributed by atoms with Gasteiger partial charge in [0.05, 0.1) is 5.69 Å². The first-order chi connectivity index (χ1) is 6.11. The molecule has 0 aromatic carbocycles. The average molecular weight is 180 g/mol. The minimum Gasteiger partial charge on any atom is -0.427 e. The highest BCUT2D eigenvalue weighted by Crippen LogP contribution is 2.41. The highest BCUT2D eigenvalue weighted by molar-refractivity contribution is 5.93. The van der Waals surface area contributed by atoms with Crippen molar-refractivity contribution in [1.29, 1.82) is 0 Å². The van der Waals surface area contributed by atoms with Crippen LogP contribution in [0.15, 0.2) is 0 Å². The molecule has 70 valence electrons. The number of aromatic nitrogens is 2. The summed E-state index contributed by atoms with van der Waals surface area (Å²) in [5.41, 5.74) is 1.13. The molecule has 1 saturated carbocycles. The maximum Gasteiger partial charge on any atom is 0.181 e. The largest absolute Gasteiger partial charge is 0.427 e. The van der Waals surface area contributed by atoms with E-state index in [1.54, 1.807) is 6.92 Å². The molecule has 0 unspecified atom stereocenters. The number of ketones is 1. The van der Waals surface area contributed by atoms with Gasteiger partial charge in [0.15, 0.2) is 5.78 Å². The third-order valence-electron chi connectivity index (χ3n) is 2.34. The lowest BCUT2D eigenvalue weighted by Gasteiger charge is -1.98. The van der Waals surface area contributed by atoms with E-state index in [2.05, 4.69) is 4.98 Å². The fourth-order valence-corrected chi connectivity index (χ4v) is 1.52. The minimum atomic E-state index is -0.120. The Morgan fingerprint density at radius 1 is 1.62 bits per heavy atom. The van der Waals surface area contributed by atoms with Crippen molar-refractivity contribution in [3.8, 4) is 0 Å². The SMILES string of the molecule is CC(=O)c1c(C2CC2)nc(C)n1O. The van der Waals surface area contributed by atoms with E-state index in [-0.39, 0.29) is 5.78 Å². The summed E-state index contributed by atoms with van der Waals surface area (Å²) in [4.78, 5) is 15.4. The first kappa shape index (κ1) is 8.29. The average Bonchev–Trinajstić information content (AvgIpc) is 2.80. The Morgan fingerprint density at radius 3 is 2.69 bits per heavy atom. The first-order valence-corrected chi connectivity index (χ1v) is 4.40. The molecule has 13 heavy (non-hydrogen) atoms. The molecular weight excluding hydrogens is 168 g/mol. The molecule has 1 aromatic rings. The summed E-state index contributed by atoms with van der Waals surface area (Å²) in [5.74, 6) is 0.767. The fourth-order valence-electron chi connectivity index (χ4n) is 1.52. The number of aryl methyl sites for hydroxylation is 1. The molecule has 1 aliphatic rings. The van der Waals surface area contributed by atoms with E-state index in [1.165, 1.54) is 6.92 Å². The van der Waals surface area contributed by atoms with Gasteiger partial charge >= 0.3 is 0 Å². The van der Waals surface area contributed by atoms with Gasteiger partial charge in [0.2, 0.25) is 0 Å². The lowest BCUT2D eigenvalue weighted by Crippen LogP contribution is -2.06. The van der Waals surface area contributed by atoms with Gasteiger partial charge in [-0.25, -0.2) is 4.98 Å². The second-order valence-corrected chi connectivity index (χ2v) is 3.54. The van der Waals surface area contributed by atoms with Crippen molar-refractivity contribution in [3.05, 3.63) is 17.2 Å². The van der Waals surface area contributed by atoms with Gasteiger partial charge in [0.1, 0.15) is 11.5 Å². The molecule has 1 fully saturated rings. The number of hydrogen-bond donors (Lipinski definition) is 1. The van der Waals surface area contributed by atoms with Gasteiger partial charge in [0.25, 0.3) is 0 Å². The van der Waals surface area contributed by atoms with Crippen molar-refractivity contribution in [2.24, 2.45) is 0 Å². The van der Waals surface area contributed by atoms with Crippen LogP contribution >= 0.6 is 0 Å². The Hall–Kier alpha value is -1.32. The molecule has 1 heterocycles. The Balaban J connectivity index is 2.54. The Labute approximate surface area is 76.2 Å². The van der Waals surface area contributed by atoms with Crippen LogP contribution in [-0.4, -0.2) is 20.7 Å². The Kier molecular flexibility index (Phi) is 1.65. The molecule has 1 N–H and O–H groups in total. The van der Waals surface area contributed by atoms with Gasteiger partial charge in [-0.3, -0.25) is 4.79 Å². The van der Waals surface area contributed by atoms with Crippen molar-refractivity contribution < 1.29 is 10.0 Å². The van der Waals surface area contributed by atoms with Crippen LogP contribution in [0.2, 0.25) is 0 Å². The molecule has 0 aliphatic heterocycles. The second kappa shape index (κ2) is 2.58. The predicted molar refractivity (Wildman–Crippen MR) is 46.1 cm³/mol. The standard InChI is InChI=1S/C9H12N2O2/c1-5(12)9-8(7-3-4-7)10-6(2)11(9)13/h7,13H,3-4H2,1-2H3. The van der Waals surface area contributed by atoms with Crippen LogP contribution in [0.1, 0.15) is 47.7 Å². The van der Waals surface area contributed by atoms with Gasteiger partial charge in [0, 0.05) is 12.8 Å². The van der Waals surface area contributed by atoms with E-state index in [0.717, 1.165) is 23.3 Å². The van der Waals surface area contributed by atoms with E-state index in [0.29, 0.717) is 17.4 Å². The molecule has 0 amide bonds. The Bertz CT molecular complexity index is 364. The van der Waals surface area contributed by atoms with Crippen LogP contribution in [0.5, 0.6) is 0 Å². The molecule has 2 rings (SSSR count). The summed E-state index contributed by atoms with van der Waals surface area (Å²) in [7, 11) is 0. The third-order valence-corrected chi connectivity index (χ3v) is 2.34. The zero-order valence-electron chi connectivity index (χ0n) is 7.74. The van der Waals surface area contributed by atoms with Crippen molar-refractivity contribution in [2.75, 3.05) is 0 Å². The van der Waals surface area contributed by atoms with Crippen LogP contribution in [0.25, 0.3) is 0 Å². The quantitative estimate of drug-likeness (QED) is 0.554. The highest BCUT2D eigenvalue weighted by Gasteiger charge is 2.32. The molecule has 1 aromatic heterocycles. The van der Waals surface area contributed by atoms with E-state index in [4.69, 9.17) is 0 Å². The Morgan fingerprint density at radius 2 is 2.23 bits per heavy atom. The predicted octanol–water partition coefficient (Wildman–Crippen LogP) is 1.51. The van der Waals surface area contributed by atoms with Crippen molar-refractivity contribution >= 4 is 5.78 Å². The third kappa shape index (κ3) is 1.22. The lowest BCUT2D eigenvalue weighted by atomic mass is 10.2. The van der Waals surface area contributed by atoms with Crippen LogP contribution in [0.4, 0.5) is 0 Å². The molecule has 4 nitrogen and oxygen atoms in total. The summed E-state index contributed by atoms with van der Waals surface area (Å²) in [6.45, 7) is 3.15. The summed E-state index contributed by atoms with van der Waals surface area (Å²) in [5, 5.41) is 9.50. The van der Waals surface area contributed by atoms with Gasteiger partial charge in [-0.05, 0) is 19.8 Å². The fraction of sp³-hybridized carbons (Fsp3) is 0.556. The van der Waals surface area contributed by atoms with E-state index < -0.39 is 0 Å². The molecular formula is C9H12N2O2. The minimum absolute atomic E-state index is 0.120. The number of imidazole rings is 1. The summed E-state index contributed by atoms with van der Waals surface area (Å²) in [6, 6.07) is 0. The summed E-state index contributed by atoms with van der Waals surface area (Å²) in [6.07, 6.45) is 2.16. The van der Waals surface area contributed by atoms with Crippen molar-refractivity contribution in [2.45, 2.75) is 32.6 Å². The number of Topliss-reactive ketones (excluding diaryl/α,β-unsaturated/α-hetero) is 1. The number of rotatable bonds is 2. The summed E-state index contributed by atoms with van der Waals surface area (Å²) >= 11 is 0. The topological polar surface area (TPSA) is 55.1 Å². The van der Waals surface area contributed by atoms with Gasteiger partial charge in [-0.2, -0.15) is 4.73 Å². The molecule has 0 radical (unpaired) electrons. The molecule has 0 saturated heterocycles. The monoisotopic (exact) mass is 180 g/mol. The maximum atomic E-state index is 11.2. The van der Waals surface area contributed by atoms with Gasteiger partial charge in [-0.1, -0.05) is 0 Å². The number of carbonyl (C=O) groups excluding carboxylic acids is 1. The highest BCUT2D eigenvalue weighted by atomic mass is 16.5. The van der Waals surface area contributed by atoms with Crippen LogP contribution in [0, 0.1) is 6.92 Å². The zero-order chi connectivity index (χ0) is 9.59. The number of nitrogens with zero attached hydrogens (tertiary/aromatic N) is 2. The van der Waals surface area contributed by atoms with Gasteiger partial charge < -0.3 is 5.21 Å². The number of hydrogen-bond acceptors (Lipinski definition) is 3. The van der Waals surface area contributed by atoms with Crippen molar-refractivity contribution in [3.63, 3.8) is 0 Å². The molecule has 1 aliphatic carbocycles. The number of carbonyl (C=O) groups is 1. The zero-order valence-corrected chi connectivity index (χ0v) is 7.74. The van der Waals surface area contributed by atoms with Crippen LogP contribution in [-0.2, 0) is 0 Å². The van der Waals surface area contributed by atoms with Crippen LogP contribution < -0.4 is 0 Å². The van der Waals surface area contributed by atoms with E-state index in [1.807, 2.05) is 0 Å². The lowest BCUT2D eigenvalue weighted by molar-refractivity contribution is 0.0957. The first-order valence-electron chi connectivity index (χ1n) is 4.40. The second-order valence-electron chi connectivity index (χ2n) is 3.54. The van der Waals surface area contributed by atoms with E-state index >= 15 is 0 Å². The summed E-state index contributed by atoms with van der Waals surface area (Å²) < 4.78 is 0.899. The maximum absolute atomic E-state index is 11.2. The molecule has 4 heteroatoms. The molecule has 0 atom stereocenters. The van der Waals surface area contributed by atoms with Gasteiger partial charge in [-0.15, -0.1) is 0 Å². The van der Waals surface area contributed by atoms with E-state index in [9.17, 15) is 10.0 Å².